The normalized spacial score (nSPS) is 14.5. The zero-order chi connectivity index (χ0) is 12.1. The number of nitriles is 1. The van der Waals surface area contributed by atoms with E-state index in [-0.39, 0.29) is 12.0 Å². The fourth-order valence-corrected chi connectivity index (χ4v) is 1.94. The summed E-state index contributed by atoms with van der Waals surface area (Å²) in [5.41, 5.74) is 2.44. The summed E-state index contributed by atoms with van der Waals surface area (Å²) in [6.45, 7) is 6.25. The van der Waals surface area contributed by atoms with Gasteiger partial charge in [0.25, 0.3) is 0 Å². The molecule has 0 amide bonds. The summed E-state index contributed by atoms with van der Waals surface area (Å²) in [5, 5.41) is 12.5. The first-order chi connectivity index (χ1) is 7.60. The quantitative estimate of drug-likeness (QED) is 0.839. The summed E-state index contributed by atoms with van der Waals surface area (Å²) >= 11 is 0. The first-order valence-corrected chi connectivity index (χ1v) is 5.73. The second-order valence-electron chi connectivity index (χ2n) is 4.58. The first kappa shape index (κ1) is 12.7. The molecule has 2 unspecified atom stereocenters. The topological polar surface area (TPSA) is 35.8 Å². The van der Waals surface area contributed by atoms with Crippen molar-refractivity contribution in [3.8, 4) is 6.07 Å². The number of benzene rings is 1. The molecule has 2 heteroatoms. The van der Waals surface area contributed by atoms with Crippen LogP contribution in [0.3, 0.4) is 0 Å². The summed E-state index contributed by atoms with van der Waals surface area (Å²) in [6, 6.07) is 10.9. The van der Waals surface area contributed by atoms with Gasteiger partial charge in [-0.2, -0.15) is 5.26 Å². The Labute approximate surface area is 98.3 Å². The predicted molar refractivity (Wildman–Crippen MR) is 66.9 cm³/mol. The van der Waals surface area contributed by atoms with Gasteiger partial charge in [0.1, 0.15) is 0 Å². The minimum atomic E-state index is 0.00714. The molecule has 0 aliphatic rings. The molecular formula is C14H20N2. The Balaban J connectivity index is 2.98. The number of nitrogens with one attached hydrogen (secondary N) is 1. The summed E-state index contributed by atoms with van der Waals surface area (Å²) in [6.07, 6.45) is 0. The lowest BCUT2D eigenvalue weighted by Crippen LogP contribution is -2.27. The largest absolute Gasteiger partial charge is 0.312 e. The summed E-state index contributed by atoms with van der Waals surface area (Å²) < 4.78 is 0. The Hall–Kier alpha value is -1.33. The van der Waals surface area contributed by atoms with Gasteiger partial charge in [-0.3, -0.25) is 0 Å². The van der Waals surface area contributed by atoms with Crippen LogP contribution >= 0.6 is 0 Å². The van der Waals surface area contributed by atoms with Crippen LogP contribution in [0.2, 0.25) is 0 Å². The molecule has 1 aromatic carbocycles. The molecule has 2 atom stereocenters. The molecule has 0 fully saturated rings. The monoisotopic (exact) mass is 216 g/mol. The van der Waals surface area contributed by atoms with Gasteiger partial charge >= 0.3 is 0 Å². The van der Waals surface area contributed by atoms with Crippen molar-refractivity contribution in [1.82, 2.24) is 5.32 Å². The van der Waals surface area contributed by atoms with Crippen LogP contribution < -0.4 is 5.32 Å². The van der Waals surface area contributed by atoms with E-state index < -0.39 is 0 Å². The van der Waals surface area contributed by atoms with Gasteiger partial charge in [0.05, 0.1) is 12.0 Å². The average molecular weight is 216 g/mol. The lowest BCUT2D eigenvalue weighted by Gasteiger charge is -2.24. The molecule has 0 heterocycles. The minimum absolute atomic E-state index is 0.00714. The van der Waals surface area contributed by atoms with Crippen LogP contribution in [0, 0.1) is 30.1 Å². The molecule has 0 aromatic heterocycles. The van der Waals surface area contributed by atoms with Gasteiger partial charge < -0.3 is 5.32 Å². The minimum Gasteiger partial charge on any atom is -0.312 e. The number of nitrogens with zero attached hydrogens (tertiary/aromatic N) is 1. The molecule has 2 nitrogen and oxygen atoms in total. The molecular weight excluding hydrogens is 196 g/mol. The maximum absolute atomic E-state index is 9.22. The Bertz CT molecular complexity index is 359. The third-order valence-electron chi connectivity index (χ3n) is 2.97. The molecule has 1 N–H and O–H groups in total. The molecule has 0 radical (unpaired) electrons. The van der Waals surface area contributed by atoms with Gasteiger partial charge in [0, 0.05) is 6.04 Å². The van der Waals surface area contributed by atoms with E-state index in [4.69, 9.17) is 0 Å². The number of rotatable bonds is 4. The maximum atomic E-state index is 9.22. The van der Waals surface area contributed by atoms with Gasteiger partial charge in [-0.15, -0.1) is 0 Å². The number of hydrogen-bond acceptors (Lipinski definition) is 2. The van der Waals surface area contributed by atoms with Gasteiger partial charge in [-0.05, 0) is 25.5 Å². The molecule has 0 spiro atoms. The lowest BCUT2D eigenvalue weighted by molar-refractivity contribution is 0.363. The summed E-state index contributed by atoms with van der Waals surface area (Å²) in [7, 11) is 1.91. The highest BCUT2D eigenvalue weighted by Crippen LogP contribution is 2.27. The zero-order valence-electron chi connectivity index (χ0n) is 10.5. The molecule has 0 saturated carbocycles. The predicted octanol–water partition coefficient (Wildman–Crippen LogP) is 3.05. The second-order valence-corrected chi connectivity index (χ2v) is 4.58. The average Bonchev–Trinajstić information content (AvgIpc) is 2.26. The van der Waals surface area contributed by atoms with Crippen LogP contribution in [0.5, 0.6) is 0 Å². The molecule has 86 valence electrons. The molecule has 1 aromatic rings. The fourth-order valence-electron chi connectivity index (χ4n) is 1.94. The first-order valence-electron chi connectivity index (χ1n) is 5.73. The van der Waals surface area contributed by atoms with Gasteiger partial charge in [-0.1, -0.05) is 43.7 Å². The van der Waals surface area contributed by atoms with Crippen molar-refractivity contribution in [3.63, 3.8) is 0 Å². The maximum Gasteiger partial charge on any atom is 0.0681 e. The van der Waals surface area contributed by atoms with Crippen molar-refractivity contribution >= 4 is 0 Å². The van der Waals surface area contributed by atoms with Gasteiger partial charge in [0.15, 0.2) is 0 Å². The van der Waals surface area contributed by atoms with E-state index in [9.17, 15) is 5.26 Å². The Morgan fingerprint density at radius 2 is 1.75 bits per heavy atom. The van der Waals surface area contributed by atoms with E-state index in [1.54, 1.807) is 0 Å². The second kappa shape index (κ2) is 5.67. The third-order valence-corrected chi connectivity index (χ3v) is 2.97. The van der Waals surface area contributed by atoms with Crippen LogP contribution in [0.1, 0.15) is 31.0 Å². The van der Waals surface area contributed by atoms with Crippen LogP contribution in [0.25, 0.3) is 0 Å². The molecule has 16 heavy (non-hydrogen) atoms. The van der Waals surface area contributed by atoms with E-state index in [2.05, 4.69) is 56.4 Å². The summed E-state index contributed by atoms with van der Waals surface area (Å²) in [5.74, 6) is 0.358. The molecule has 0 aliphatic carbocycles. The Morgan fingerprint density at radius 3 is 2.12 bits per heavy atom. The lowest BCUT2D eigenvalue weighted by atomic mass is 9.85. The van der Waals surface area contributed by atoms with E-state index in [0.29, 0.717) is 5.92 Å². The van der Waals surface area contributed by atoms with Crippen LogP contribution in [-0.4, -0.2) is 7.05 Å². The smallest absolute Gasteiger partial charge is 0.0681 e. The van der Waals surface area contributed by atoms with E-state index in [1.807, 2.05) is 7.05 Å². The van der Waals surface area contributed by atoms with Crippen molar-refractivity contribution in [2.45, 2.75) is 26.8 Å². The highest BCUT2D eigenvalue weighted by Gasteiger charge is 2.24. The summed E-state index contributed by atoms with van der Waals surface area (Å²) in [4.78, 5) is 0. The zero-order valence-corrected chi connectivity index (χ0v) is 10.5. The van der Waals surface area contributed by atoms with Gasteiger partial charge in [0.2, 0.25) is 0 Å². The van der Waals surface area contributed by atoms with Crippen molar-refractivity contribution in [2.24, 2.45) is 11.8 Å². The Morgan fingerprint density at radius 1 is 1.19 bits per heavy atom. The highest BCUT2D eigenvalue weighted by molar-refractivity contribution is 5.25. The van der Waals surface area contributed by atoms with E-state index >= 15 is 0 Å². The molecule has 0 saturated heterocycles. The van der Waals surface area contributed by atoms with Gasteiger partial charge in [-0.25, -0.2) is 0 Å². The Kier molecular flexibility index (Phi) is 4.52. The van der Waals surface area contributed by atoms with Crippen molar-refractivity contribution < 1.29 is 0 Å². The molecule has 1 rings (SSSR count). The van der Waals surface area contributed by atoms with Crippen LogP contribution in [0.15, 0.2) is 24.3 Å². The third kappa shape index (κ3) is 2.84. The van der Waals surface area contributed by atoms with Crippen LogP contribution in [-0.2, 0) is 0 Å². The van der Waals surface area contributed by atoms with E-state index in [0.717, 1.165) is 0 Å². The number of hydrogen-bond donors (Lipinski definition) is 1. The SMILES string of the molecule is CNC(c1ccc(C)cc1)C(C#N)C(C)C. The molecule has 0 bridgehead atoms. The standard InChI is InChI=1S/C14H20N2/c1-10(2)13(9-15)14(16-4)12-7-5-11(3)6-8-12/h5-8,10,13-14,16H,1-4H3. The molecule has 0 aliphatic heterocycles. The highest BCUT2D eigenvalue weighted by atomic mass is 14.9. The van der Waals surface area contributed by atoms with Crippen molar-refractivity contribution in [3.05, 3.63) is 35.4 Å². The fraction of sp³-hybridized carbons (Fsp3) is 0.500. The van der Waals surface area contributed by atoms with E-state index in [1.165, 1.54) is 11.1 Å². The van der Waals surface area contributed by atoms with Crippen molar-refractivity contribution in [2.75, 3.05) is 7.05 Å². The number of aryl methyl sites for hydroxylation is 1. The van der Waals surface area contributed by atoms with Crippen molar-refractivity contribution in [1.29, 1.82) is 5.26 Å². The van der Waals surface area contributed by atoms with Crippen LogP contribution in [0.4, 0.5) is 0 Å².